The van der Waals surface area contributed by atoms with Gasteiger partial charge in [0.1, 0.15) is 43.9 Å². The molecule has 53 nitrogen and oxygen atoms in total. The fraction of sp³-hybridized carbons (Fsp3) is 0.731. The highest BCUT2D eigenvalue weighted by Gasteiger charge is 2.61. The predicted octanol–water partition coefficient (Wildman–Crippen LogP) is 0.623. The third kappa shape index (κ3) is 56.1. The zero-order valence-electron chi connectivity index (χ0n) is 81.1. The molecule has 810 valence electrons. The highest BCUT2D eigenvalue weighted by Crippen LogP contribution is 2.46. The van der Waals surface area contributed by atoms with Crippen molar-refractivity contribution < 1.29 is 218 Å². The molecule has 0 aromatic heterocycles. The first-order chi connectivity index (χ1) is 63.6. The van der Waals surface area contributed by atoms with Gasteiger partial charge in [-0.1, -0.05) is 118 Å². The fourth-order valence-electron chi connectivity index (χ4n) is 13.6. The normalized spacial score (nSPS) is 16.0. The summed E-state index contributed by atoms with van der Waals surface area (Å²) in [7, 11) is -55.6. The Bertz CT molecular complexity index is 4340. The SMILES string of the molecule is CCc1ccc([Si](OC)(OC)O[Si](OC)(O[Si](C)(OC)c2ccc(CN(CP(=O)(O)O)CP(=O)(O)O)cc2)c2ccc(CNCP(=O)(O)O)cc2)cc1.CO[Si](C)(CCCCCCN(CP(=O)(O)O)CP(=O)(O)O)O[Si](CCCCCCNCP(=O)(O)O)(OC)O[Si](CCCCCC[NH3+])(OC)OC.CO[Si](C)(CN(CP(=O)(O)O)CP(=O)(O)O)O[Si](CNCP(=O)(O)O)(OC)O[Si](C[NH3+])(OC)OC. The van der Waals surface area contributed by atoms with Crippen LogP contribution in [-0.4, -0.2) is 361 Å². The Balaban J connectivity index is 0.00000106. The number of unbranched alkanes of at least 4 members (excludes halogenated alkanes) is 9. The molecule has 6 atom stereocenters. The summed E-state index contributed by atoms with van der Waals surface area (Å²) in [5.41, 5.74) is 9.96. The lowest BCUT2D eigenvalue weighted by molar-refractivity contribution is -0.368. The smallest absolute Gasteiger partial charge is 0.398 e. The molecule has 138 heavy (non-hydrogen) atoms. The van der Waals surface area contributed by atoms with Gasteiger partial charge in [-0.3, -0.25) is 55.8 Å². The summed E-state index contributed by atoms with van der Waals surface area (Å²) < 4.78 is 213. The summed E-state index contributed by atoms with van der Waals surface area (Å²) in [6, 6.07) is 23.0. The molecule has 0 radical (unpaired) electrons. The van der Waals surface area contributed by atoms with E-state index in [1.165, 1.54) is 63.4 Å². The van der Waals surface area contributed by atoms with Crippen molar-refractivity contribution in [1.82, 2.24) is 30.7 Å². The maximum atomic E-state index is 11.7. The topological polar surface area (TPSA) is 785 Å². The van der Waals surface area contributed by atoms with E-state index in [4.69, 9.17) is 87.6 Å². The average molecular weight is 2320 g/mol. The molecule has 0 spiro atoms. The molecule has 0 aliphatic rings. The highest BCUT2D eigenvalue weighted by atomic mass is 31.2. The van der Waals surface area contributed by atoms with Gasteiger partial charge in [-0.2, -0.15) is 0 Å². The molecule has 0 fully saturated rings. The zero-order chi connectivity index (χ0) is 106. The first-order valence-electron chi connectivity index (χ1n) is 43.0. The van der Waals surface area contributed by atoms with Gasteiger partial charge in [-0.05, 0) is 106 Å². The van der Waals surface area contributed by atoms with Gasteiger partial charge in [0.05, 0.1) is 31.6 Å². The van der Waals surface area contributed by atoms with E-state index in [2.05, 4.69) is 27.4 Å². The van der Waals surface area contributed by atoms with Crippen LogP contribution in [0, 0.1) is 0 Å². The van der Waals surface area contributed by atoms with Crippen LogP contribution in [0.15, 0.2) is 72.8 Å². The average Bonchev–Trinajstić information content (AvgIpc) is 0.750. The Hall–Kier alpha value is -0.0781. The van der Waals surface area contributed by atoms with Gasteiger partial charge in [-0.25, -0.2) is 0 Å². The number of hydrogen-bond acceptors (Lipinski definition) is 33. The Morgan fingerprint density at radius 1 is 0.312 bits per heavy atom. The third-order valence-electron chi connectivity index (χ3n) is 20.5. The highest BCUT2D eigenvalue weighted by molar-refractivity contribution is 7.54. The van der Waals surface area contributed by atoms with Crippen LogP contribution in [0.4, 0.5) is 0 Å². The number of nitrogens with zero attached hydrogens (tertiary/aromatic N) is 3. The maximum absolute atomic E-state index is 11.7. The van der Waals surface area contributed by atoms with E-state index in [0.717, 1.165) is 84.6 Å². The largest absolute Gasteiger partial charge is 0.551 e. The Labute approximate surface area is 817 Å². The van der Waals surface area contributed by atoms with Gasteiger partial charge >= 0.3 is 147 Å². The van der Waals surface area contributed by atoms with Gasteiger partial charge in [0.25, 0.3) is 0 Å². The van der Waals surface area contributed by atoms with Crippen LogP contribution in [-0.2, 0) is 138 Å². The number of benzene rings is 3. The second-order valence-electron chi connectivity index (χ2n) is 32.4. The fourth-order valence-corrected chi connectivity index (χ4v) is 52.8. The summed E-state index contributed by atoms with van der Waals surface area (Å²) in [4.78, 5) is 170. The summed E-state index contributed by atoms with van der Waals surface area (Å²) in [5, 5.41) is 9.78. The number of quaternary nitrogens is 2. The molecule has 6 unspecified atom stereocenters. The van der Waals surface area contributed by atoms with Crippen molar-refractivity contribution in [2.75, 3.05) is 180 Å². The van der Waals surface area contributed by atoms with Crippen LogP contribution in [0.3, 0.4) is 0 Å². The molecule has 0 aliphatic heterocycles. The van der Waals surface area contributed by atoms with Crippen molar-refractivity contribution in [2.24, 2.45) is 0 Å². The van der Waals surface area contributed by atoms with Crippen LogP contribution in [0.5, 0.6) is 0 Å². The summed E-state index contributed by atoms with van der Waals surface area (Å²) >= 11 is 0. The molecule has 0 heterocycles. The van der Waals surface area contributed by atoms with E-state index >= 15 is 0 Å². The van der Waals surface area contributed by atoms with Crippen LogP contribution in [0.1, 0.15) is 101 Å². The number of rotatable bonds is 75. The number of nitrogens with one attached hydrogen (secondary N) is 3. The lowest BCUT2D eigenvalue weighted by Crippen LogP contribution is -2.74. The van der Waals surface area contributed by atoms with E-state index in [9.17, 15) is 119 Å². The second kappa shape index (κ2) is 62.7. The molecule has 0 saturated heterocycles. The predicted molar refractivity (Wildman–Crippen MR) is 527 cm³/mol. The standard InChI is InChI=1S/C30H49N2O15P3Si3.C26H66N3O15P3Si3.C11H36N3O15P3Si3/c1-7-25-8-16-29(17-9-25)52(43-3,44-4)47-53(45-5,30-18-10-26(11-19-30)20-31-22-48(33,34)35)46-51(6,42-2)28-14-12-27(13-15-28)21-32(23-49(36,37)38)24-50(39,40)41;1-39-48(5,21-15-11-8-14-20-29(25-46(33,34)35)26-47(36,37)38)43-50(42-4,23-17-10-7-13-19-28-24-45(30,31)32)44-49(40-2,41-3)22-16-9-6-12-18-27;1-24-33(5,11-14(9-31(18,19)20)10-32(21,22)23)28-35(27-4,8-13-7-30(15,16)17)29-34(6-12,25-2)26-3/h8-19,31H,7,20-24H2,1-6H3,(H2,33,34,35)(H2,36,37,38)(H2,39,40,41);28H,6-27H2,1-5H3,(H2,30,31,32)(H2,33,34,35)(H2,36,37,38);13H,6-12H2,1-5H3,(H2,15,16,17)(H2,18,19,20)(H2,21,22,23)/p+2. The van der Waals surface area contributed by atoms with Crippen LogP contribution in [0.25, 0.3) is 0 Å². The lowest BCUT2D eigenvalue weighted by atomic mass is 10.2. The minimum Gasteiger partial charge on any atom is -0.398 e. The maximum Gasteiger partial charge on any atom is 0.551 e. The minimum absolute atomic E-state index is 0.00769. The quantitative estimate of drug-likeness (QED) is 0.0209. The molecule has 71 heteroatoms. The van der Waals surface area contributed by atoms with Crippen molar-refractivity contribution in [1.29, 1.82) is 0 Å². The molecule has 0 amide bonds. The van der Waals surface area contributed by atoms with E-state index < -0.39 is 203 Å². The molecule has 27 N–H and O–H groups in total. The molecule has 3 aromatic carbocycles. The lowest BCUT2D eigenvalue weighted by Gasteiger charge is -2.41. The number of aryl methyl sites for hydroxylation is 1. The van der Waals surface area contributed by atoms with Gasteiger partial charge in [0, 0.05) is 127 Å². The van der Waals surface area contributed by atoms with Gasteiger partial charge in [-0.15, -0.1) is 0 Å². The summed E-state index contributed by atoms with van der Waals surface area (Å²) in [6.45, 7) is 8.71. The van der Waals surface area contributed by atoms with Crippen molar-refractivity contribution in [2.45, 2.75) is 141 Å². The van der Waals surface area contributed by atoms with Crippen LogP contribution < -0.4 is 43.0 Å². The van der Waals surface area contributed by atoms with E-state index in [1.807, 2.05) is 37.7 Å². The zero-order valence-corrected chi connectivity index (χ0v) is 98.2. The van der Waals surface area contributed by atoms with Gasteiger partial charge < -0.3 is 193 Å². The monoisotopic (exact) mass is 2320 g/mol. The van der Waals surface area contributed by atoms with E-state index in [-0.39, 0.29) is 38.3 Å². The van der Waals surface area contributed by atoms with Gasteiger partial charge in [0.2, 0.25) is 0 Å². The van der Waals surface area contributed by atoms with Crippen molar-refractivity contribution in [3.05, 3.63) is 89.5 Å². The Morgan fingerprint density at radius 3 is 1.08 bits per heavy atom. The third-order valence-corrected chi connectivity index (χ3v) is 59.5. The molecule has 3 rings (SSSR count). The molecule has 0 aliphatic carbocycles. The Kier molecular flexibility index (Phi) is 61.7. The first-order valence-corrected chi connectivity index (χ1v) is 77.7. The van der Waals surface area contributed by atoms with E-state index in [1.54, 1.807) is 83.5 Å². The summed E-state index contributed by atoms with van der Waals surface area (Å²) in [5.74, 6) is 0. The number of hydrogen-bond donors (Lipinski definition) is 23. The van der Waals surface area contributed by atoms with Crippen LogP contribution >= 0.6 is 68.4 Å². The summed E-state index contributed by atoms with van der Waals surface area (Å²) in [6.07, 6.45) is 2.88. The second-order valence-corrected chi connectivity index (χ2v) is 75.3. The first kappa shape index (κ1) is 136. The molecular weight excluding hydrogens is 2170 g/mol. The molecular formula is C67H153N8O45P9Si9+2. The van der Waals surface area contributed by atoms with E-state index in [0.29, 0.717) is 77.0 Å². The Morgan fingerprint density at radius 2 is 0.674 bits per heavy atom. The molecule has 0 bridgehead atoms. The molecule has 3 aromatic rings. The van der Waals surface area contributed by atoms with Crippen molar-refractivity contribution in [3.8, 4) is 0 Å². The van der Waals surface area contributed by atoms with Crippen molar-refractivity contribution in [3.63, 3.8) is 0 Å². The van der Waals surface area contributed by atoms with Crippen molar-refractivity contribution >= 4 is 162 Å². The van der Waals surface area contributed by atoms with Gasteiger partial charge in [0.15, 0.2) is 0 Å². The molecule has 0 saturated carbocycles. The van der Waals surface area contributed by atoms with Crippen LogP contribution in [0.2, 0.25) is 37.8 Å². The minimum atomic E-state index is -4.74.